The summed E-state index contributed by atoms with van der Waals surface area (Å²) in [5.74, 6) is 1.04. The number of nitrogens with one attached hydrogen (secondary N) is 1. The minimum absolute atomic E-state index is 0.264. The van der Waals surface area contributed by atoms with Gasteiger partial charge in [-0.2, -0.15) is 5.10 Å². The number of methoxy groups -OCH3 is 1. The van der Waals surface area contributed by atoms with Gasteiger partial charge in [0.2, 0.25) is 0 Å². The molecule has 3 rings (SSSR count). The van der Waals surface area contributed by atoms with Crippen molar-refractivity contribution in [2.45, 2.75) is 12.8 Å². The van der Waals surface area contributed by atoms with Crippen molar-refractivity contribution in [3.63, 3.8) is 0 Å². The number of piperidine rings is 1. The van der Waals surface area contributed by atoms with E-state index < -0.39 is 0 Å². The molecule has 0 unspecified atom stereocenters. The van der Waals surface area contributed by atoms with Crippen LogP contribution < -0.4 is 4.74 Å². The molecule has 1 aliphatic rings. The summed E-state index contributed by atoms with van der Waals surface area (Å²) in [6.07, 6.45) is 5.15. The number of pyridine rings is 1. The molecule has 2 aromatic heterocycles. The molecular formula is C16H20N4O3. The van der Waals surface area contributed by atoms with Crippen molar-refractivity contribution in [1.82, 2.24) is 20.1 Å². The third-order valence-corrected chi connectivity index (χ3v) is 3.95. The molecule has 0 aliphatic carbocycles. The van der Waals surface area contributed by atoms with Gasteiger partial charge >= 0.3 is 6.09 Å². The van der Waals surface area contributed by atoms with Crippen molar-refractivity contribution in [3.05, 3.63) is 30.6 Å². The Morgan fingerprint density at radius 1 is 1.43 bits per heavy atom. The van der Waals surface area contributed by atoms with Crippen LogP contribution in [0.4, 0.5) is 4.79 Å². The quantitative estimate of drug-likeness (QED) is 0.936. The number of hydrogen-bond donors (Lipinski definition) is 1. The highest BCUT2D eigenvalue weighted by Crippen LogP contribution is 2.20. The van der Waals surface area contributed by atoms with Crippen molar-refractivity contribution in [3.8, 4) is 17.1 Å². The van der Waals surface area contributed by atoms with Gasteiger partial charge in [-0.05, 0) is 31.0 Å². The predicted octanol–water partition coefficient (Wildman–Crippen LogP) is 2.33. The standard InChI is InChI=1S/C16H20N4O3/c1-22-16(21)20-8-2-3-12(10-20)11-23-13-4-5-14(17-9-13)15-6-7-18-19-15/h4-7,9,12H,2-3,8,10-11H2,1H3,(H,18,19)/t12-/m0/s1. The molecule has 0 saturated carbocycles. The second-order valence-corrected chi connectivity index (χ2v) is 5.58. The Labute approximate surface area is 134 Å². The number of likely N-dealkylation sites (tertiary alicyclic amines) is 1. The first-order chi connectivity index (χ1) is 11.3. The largest absolute Gasteiger partial charge is 0.492 e. The minimum atomic E-state index is -0.264. The first-order valence-corrected chi connectivity index (χ1v) is 7.68. The maximum Gasteiger partial charge on any atom is 0.409 e. The number of carbonyl (C=O) groups is 1. The van der Waals surface area contributed by atoms with Crippen LogP contribution in [0.5, 0.6) is 5.75 Å². The molecule has 1 fully saturated rings. The van der Waals surface area contributed by atoms with E-state index in [1.165, 1.54) is 7.11 Å². The molecule has 0 bridgehead atoms. The highest BCUT2D eigenvalue weighted by molar-refractivity contribution is 5.67. The zero-order valence-electron chi connectivity index (χ0n) is 13.1. The molecule has 1 N–H and O–H groups in total. The lowest BCUT2D eigenvalue weighted by atomic mass is 9.99. The lowest BCUT2D eigenvalue weighted by molar-refractivity contribution is 0.0903. The van der Waals surface area contributed by atoms with E-state index in [2.05, 4.69) is 15.2 Å². The minimum Gasteiger partial charge on any atom is -0.492 e. The van der Waals surface area contributed by atoms with Gasteiger partial charge in [0.05, 0.1) is 31.3 Å². The summed E-state index contributed by atoms with van der Waals surface area (Å²) in [5.41, 5.74) is 1.70. The van der Waals surface area contributed by atoms with Gasteiger partial charge in [-0.3, -0.25) is 10.1 Å². The van der Waals surface area contributed by atoms with Crippen LogP contribution in [0, 0.1) is 5.92 Å². The second kappa shape index (κ2) is 7.13. The number of hydrogen-bond acceptors (Lipinski definition) is 5. The van der Waals surface area contributed by atoms with E-state index in [1.54, 1.807) is 17.3 Å². The summed E-state index contributed by atoms with van der Waals surface area (Å²) in [5, 5.41) is 6.78. The van der Waals surface area contributed by atoms with Gasteiger partial charge in [-0.15, -0.1) is 0 Å². The molecule has 23 heavy (non-hydrogen) atoms. The third kappa shape index (κ3) is 3.80. The number of aromatic nitrogens is 3. The number of ether oxygens (including phenoxy) is 2. The molecule has 7 nitrogen and oxygen atoms in total. The number of nitrogens with zero attached hydrogens (tertiary/aromatic N) is 3. The molecule has 1 atom stereocenters. The second-order valence-electron chi connectivity index (χ2n) is 5.58. The van der Waals surface area contributed by atoms with Crippen LogP contribution in [0.15, 0.2) is 30.6 Å². The topological polar surface area (TPSA) is 80.3 Å². The summed E-state index contributed by atoms with van der Waals surface area (Å²) >= 11 is 0. The number of amides is 1. The van der Waals surface area contributed by atoms with Gasteiger partial charge in [0.15, 0.2) is 0 Å². The monoisotopic (exact) mass is 316 g/mol. The normalized spacial score (nSPS) is 17.8. The van der Waals surface area contributed by atoms with Crippen LogP contribution in [-0.2, 0) is 4.74 Å². The van der Waals surface area contributed by atoms with E-state index >= 15 is 0 Å². The van der Waals surface area contributed by atoms with E-state index in [1.807, 2.05) is 18.2 Å². The Kier molecular flexibility index (Phi) is 4.75. The molecule has 1 amide bonds. The van der Waals surface area contributed by atoms with Gasteiger partial charge in [-0.25, -0.2) is 4.79 Å². The average Bonchev–Trinajstić information content (AvgIpc) is 3.14. The fourth-order valence-corrected chi connectivity index (χ4v) is 2.73. The van der Waals surface area contributed by atoms with E-state index in [0.717, 1.165) is 36.5 Å². The van der Waals surface area contributed by atoms with Gasteiger partial charge in [0, 0.05) is 25.2 Å². The number of H-pyrrole nitrogens is 1. The fraction of sp³-hybridized carbons (Fsp3) is 0.438. The molecule has 1 aliphatic heterocycles. The summed E-state index contributed by atoms with van der Waals surface area (Å²) in [6.45, 7) is 1.99. The van der Waals surface area contributed by atoms with E-state index in [9.17, 15) is 4.79 Å². The number of rotatable bonds is 4. The molecule has 3 heterocycles. The molecule has 0 aromatic carbocycles. The average molecular weight is 316 g/mol. The van der Waals surface area contributed by atoms with Gasteiger partial charge < -0.3 is 14.4 Å². The van der Waals surface area contributed by atoms with Crippen LogP contribution >= 0.6 is 0 Å². The summed E-state index contributed by atoms with van der Waals surface area (Å²) in [4.78, 5) is 17.7. The maximum absolute atomic E-state index is 11.6. The Balaban J connectivity index is 1.53. The molecular weight excluding hydrogens is 296 g/mol. The summed E-state index contributed by atoms with van der Waals surface area (Å²) in [6, 6.07) is 5.65. The smallest absolute Gasteiger partial charge is 0.409 e. The van der Waals surface area contributed by atoms with E-state index in [4.69, 9.17) is 9.47 Å². The Hall–Kier alpha value is -2.57. The number of aromatic amines is 1. The highest BCUT2D eigenvalue weighted by atomic mass is 16.5. The van der Waals surface area contributed by atoms with Crippen LogP contribution in [0.2, 0.25) is 0 Å². The van der Waals surface area contributed by atoms with E-state index in [-0.39, 0.29) is 6.09 Å². The zero-order valence-corrected chi connectivity index (χ0v) is 13.1. The molecule has 1 saturated heterocycles. The highest BCUT2D eigenvalue weighted by Gasteiger charge is 2.24. The van der Waals surface area contributed by atoms with Gasteiger partial charge in [0.1, 0.15) is 5.75 Å². The predicted molar refractivity (Wildman–Crippen MR) is 84.0 cm³/mol. The maximum atomic E-state index is 11.6. The van der Waals surface area contributed by atoms with Crippen LogP contribution in [0.1, 0.15) is 12.8 Å². The third-order valence-electron chi connectivity index (χ3n) is 3.95. The van der Waals surface area contributed by atoms with Gasteiger partial charge in [0.25, 0.3) is 0 Å². The lowest BCUT2D eigenvalue weighted by Crippen LogP contribution is -2.41. The Bertz CT molecular complexity index is 627. The van der Waals surface area contributed by atoms with E-state index in [0.29, 0.717) is 19.1 Å². The lowest BCUT2D eigenvalue weighted by Gasteiger charge is -2.31. The van der Waals surface area contributed by atoms with Crippen molar-refractivity contribution in [1.29, 1.82) is 0 Å². The SMILES string of the molecule is COC(=O)N1CCC[C@H](COc2ccc(-c3ccn[nH]3)nc2)C1. The first-order valence-electron chi connectivity index (χ1n) is 7.68. The molecule has 0 radical (unpaired) electrons. The van der Waals surface area contributed by atoms with Crippen molar-refractivity contribution in [2.75, 3.05) is 26.8 Å². The first kappa shape index (κ1) is 15.3. The summed E-state index contributed by atoms with van der Waals surface area (Å²) in [7, 11) is 1.41. The Morgan fingerprint density at radius 2 is 2.35 bits per heavy atom. The Morgan fingerprint density at radius 3 is 3.04 bits per heavy atom. The zero-order chi connectivity index (χ0) is 16.1. The summed E-state index contributed by atoms with van der Waals surface area (Å²) < 4.78 is 10.6. The molecule has 0 spiro atoms. The van der Waals surface area contributed by atoms with Crippen LogP contribution in [0.3, 0.4) is 0 Å². The molecule has 7 heteroatoms. The fourth-order valence-electron chi connectivity index (χ4n) is 2.73. The van der Waals surface area contributed by atoms with Gasteiger partial charge in [-0.1, -0.05) is 0 Å². The number of carbonyl (C=O) groups excluding carboxylic acids is 1. The molecule has 122 valence electrons. The van der Waals surface area contributed by atoms with Crippen LogP contribution in [0.25, 0.3) is 11.4 Å². The van der Waals surface area contributed by atoms with Crippen molar-refractivity contribution < 1.29 is 14.3 Å². The van der Waals surface area contributed by atoms with Crippen LogP contribution in [-0.4, -0.2) is 53.0 Å². The van der Waals surface area contributed by atoms with Crippen molar-refractivity contribution >= 4 is 6.09 Å². The molecule has 2 aromatic rings. The van der Waals surface area contributed by atoms with Crippen molar-refractivity contribution in [2.24, 2.45) is 5.92 Å².